The van der Waals surface area contributed by atoms with Gasteiger partial charge >= 0.3 is 0 Å². The van der Waals surface area contributed by atoms with Crippen LogP contribution in [0.3, 0.4) is 0 Å². The van der Waals surface area contributed by atoms with E-state index in [-0.39, 0.29) is 133 Å². The summed E-state index contributed by atoms with van der Waals surface area (Å²) in [6, 6.07) is 0.633. The van der Waals surface area contributed by atoms with Gasteiger partial charge in [-0.1, -0.05) is 408 Å². The second kappa shape index (κ2) is 45.6. The van der Waals surface area contributed by atoms with E-state index in [1.165, 1.54) is 32.5 Å². The molecule has 3 aliphatic heterocycles. The molecule has 0 aromatic carbocycles. The number of likely N-dealkylation sites (tertiary alicyclic amines) is 1. The number of carbonyl (C=O) groups is 1. The third-order valence-corrected chi connectivity index (χ3v) is 25.6. The molecule has 806 valence electrons. The molecule has 7 aromatic heterocycles. The van der Waals surface area contributed by atoms with Gasteiger partial charge in [-0.05, 0) is 112 Å². The first-order valence-electron chi connectivity index (χ1n) is 51.7. The molecule has 0 saturated carbocycles. The molecule has 0 spiro atoms. The van der Waals surface area contributed by atoms with E-state index >= 15 is 0 Å². The topological polar surface area (TPSA) is 263 Å². The lowest BCUT2D eigenvalue weighted by Gasteiger charge is -2.36. The van der Waals surface area contributed by atoms with Crippen molar-refractivity contribution in [1.29, 1.82) is 0 Å². The number of carbonyl (C=O) groups excluding carboxylic acids is 1. The molecule has 3 aliphatic rings. The molecule has 7 atom stereocenters. The zero-order valence-electron chi connectivity index (χ0n) is 103. The highest BCUT2D eigenvalue weighted by Gasteiger charge is 2.52. The summed E-state index contributed by atoms with van der Waals surface area (Å²) in [5.41, 5.74) is 10.0. The van der Waals surface area contributed by atoms with Crippen LogP contribution in [0.25, 0.3) is 0 Å². The Morgan fingerprint density at radius 1 is 0.350 bits per heavy atom. The standard InChI is InChI=1S/C14H27NO.C12H23NO.2C12H21NO.C12H23NO.C12H21NO.C12H21NS.C11H21N3.2C10H18N2O/c1-9-10(2)15(14(6,7)8)12(16)11(9)13(3,4)5;2*1-8-9(11(2,3)4)13-10(14-8)12(5,6)7;1-8-9(11(2,3)4)14-10(13-8)12(5,6)7;2*1-8-9(11(2,3)4)13-14-10(8)12(5,6)7;1-8-9(11(2,3)4)14-10(13-8)12(5,6)7;1-8-9(10(2,3)4)12-13-14(8)11(5,6)7;1-9(2,3)7-11-12-8(13-7)10(4,5)6;1-9(2,3)7-11-8(13-12-7)10(4,5)6/h9-11H,1-8H3;8-9H,1-7H3;2*1-7H3;8,10H,1-7H3;3*1-7H3;2*1-6H3. The zero-order chi connectivity index (χ0) is 111. The number of hydrogen-bond donors (Lipinski definition) is 0. The number of oxazole rings is 2. The predicted molar refractivity (Wildman–Crippen MR) is 591 cm³/mol. The van der Waals surface area contributed by atoms with Gasteiger partial charge in [-0.3, -0.25) is 4.79 Å². The van der Waals surface area contributed by atoms with Crippen molar-refractivity contribution in [3.05, 3.63) is 102 Å². The maximum Gasteiger partial charge on any atom is 0.232 e. The largest absolute Gasteiger partial charge is 0.475 e. The van der Waals surface area contributed by atoms with Gasteiger partial charge in [0, 0.05) is 115 Å². The number of nitrogens with zero attached hydrogens (tertiary/aromatic N) is 14. The molecule has 7 unspecified atom stereocenters. The van der Waals surface area contributed by atoms with Crippen molar-refractivity contribution in [2.24, 2.45) is 55.0 Å². The lowest BCUT2D eigenvalue weighted by Crippen LogP contribution is -2.47. The van der Waals surface area contributed by atoms with Crippen LogP contribution in [-0.2, 0) is 90.3 Å². The minimum Gasteiger partial charge on any atom is -0.475 e. The summed E-state index contributed by atoms with van der Waals surface area (Å²) in [6.45, 7) is 148. The highest BCUT2D eigenvalue weighted by atomic mass is 32.1. The van der Waals surface area contributed by atoms with E-state index in [0.717, 1.165) is 63.6 Å². The van der Waals surface area contributed by atoms with Gasteiger partial charge in [-0.25, -0.2) is 24.6 Å². The molecule has 0 radical (unpaired) electrons. The lowest BCUT2D eigenvalue weighted by molar-refractivity contribution is -0.138. The third kappa shape index (κ3) is 39.1. The maximum absolute atomic E-state index is 12.5. The first-order valence-corrected chi connectivity index (χ1v) is 52.5. The molecule has 7 aromatic rings. The first kappa shape index (κ1) is 131. The molecule has 22 nitrogen and oxygen atoms in total. The Morgan fingerprint density at radius 3 is 0.986 bits per heavy atom. The van der Waals surface area contributed by atoms with E-state index in [0.29, 0.717) is 41.5 Å². The Bertz CT molecular complexity index is 4590. The van der Waals surface area contributed by atoms with E-state index in [2.05, 4.69) is 525 Å². The molecule has 0 N–H and O–H groups in total. The zero-order valence-corrected chi connectivity index (χ0v) is 104. The number of oxime groups is 1. The summed E-state index contributed by atoms with van der Waals surface area (Å²) < 4.78 is 35.6. The van der Waals surface area contributed by atoms with E-state index in [4.69, 9.17) is 36.9 Å². The number of amides is 1. The first-order chi connectivity index (χ1) is 61.3. The summed E-state index contributed by atoms with van der Waals surface area (Å²) in [5.74, 6) is 9.77. The minimum absolute atomic E-state index is 0.00569. The summed E-state index contributed by atoms with van der Waals surface area (Å²) in [5, 5.41) is 30.2. The fourth-order valence-corrected chi connectivity index (χ4v) is 17.6. The molecule has 1 fully saturated rings. The second-order valence-electron chi connectivity index (χ2n) is 60.5. The number of thiazole rings is 1. The van der Waals surface area contributed by atoms with Crippen LogP contribution < -0.4 is 0 Å². The van der Waals surface area contributed by atoms with Gasteiger partial charge in [0.25, 0.3) is 0 Å². The fraction of sp³-hybridized carbons (Fsp3) is 0.821. The second-order valence-corrected chi connectivity index (χ2v) is 61.5. The third-order valence-electron chi connectivity index (χ3n) is 23.5. The number of aryl methyl sites for hydroxylation is 3. The van der Waals surface area contributed by atoms with Crippen molar-refractivity contribution >= 4 is 28.9 Å². The van der Waals surface area contributed by atoms with Crippen molar-refractivity contribution in [1.82, 2.24) is 60.3 Å². The number of hydrogen-bond acceptors (Lipinski definition) is 21. The van der Waals surface area contributed by atoms with E-state index in [9.17, 15) is 4.79 Å². The lowest BCUT2D eigenvalue weighted by atomic mass is 9.74. The van der Waals surface area contributed by atoms with Crippen LogP contribution in [0.1, 0.15) is 545 Å². The van der Waals surface area contributed by atoms with Gasteiger partial charge in [0.1, 0.15) is 29.5 Å². The van der Waals surface area contributed by atoms with Gasteiger partial charge in [0.05, 0.1) is 56.5 Å². The van der Waals surface area contributed by atoms with Crippen molar-refractivity contribution < 1.29 is 36.7 Å². The smallest absolute Gasteiger partial charge is 0.232 e. The van der Waals surface area contributed by atoms with Crippen LogP contribution in [0.5, 0.6) is 0 Å². The van der Waals surface area contributed by atoms with Crippen LogP contribution in [-0.4, -0.2) is 108 Å². The van der Waals surface area contributed by atoms with Gasteiger partial charge in [-0.2, -0.15) is 4.98 Å². The molecule has 23 heteroatoms. The van der Waals surface area contributed by atoms with Gasteiger partial charge in [0.2, 0.25) is 23.6 Å². The Kier molecular flexibility index (Phi) is 42.7. The summed E-state index contributed by atoms with van der Waals surface area (Å²) >= 11 is 1.86. The molecule has 1 saturated heterocycles. The summed E-state index contributed by atoms with van der Waals surface area (Å²) in [4.78, 5) is 44.4. The Hall–Kier alpha value is -6.91. The molecule has 140 heavy (non-hydrogen) atoms. The van der Waals surface area contributed by atoms with E-state index < -0.39 is 0 Å². The number of aromatic nitrogens is 11. The maximum atomic E-state index is 12.5. The van der Waals surface area contributed by atoms with E-state index in [1.807, 2.05) is 29.9 Å². The van der Waals surface area contributed by atoms with Gasteiger partial charge < -0.3 is 36.8 Å². The predicted octanol–water partition coefficient (Wildman–Crippen LogP) is 32.8. The highest BCUT2D eigenvalue weighted by Crippen LogP contribution is 2.46. The normalized spacial score (nSPS) is 18.6. The van der Waals surface area contributed by atoms with Crippen molar-refractivity contribution in [2.75, 3.05) is 0 Å². The van der Waals surface area contributed by atoms with Gasteiger partial charge in [0.15, 0.2) is 23.5 Å². The molecule has 10 heterocycles. The Labute approximate surface area is 861 Å². The van der Waals surface area contributed by atoms with Crippen LogP contribution in [0.2, 0.25) is 0 Å². The molecule has 0 bridgehead atoms. The van der Waals surface area contributed by atoms with Crippen LogP contribution in [0.4, 0.5) is 0 Å². The molecular weight excluding hydrogens is 1760 g/mol. The minimum atomic E-state index is -0.0647. The Morgan fingerprint density at radius 2 is 0.779 bits per heavy atom. The summed E-state index contributed by atoms with van der Waals surface area (Å²) in [7, 11) is 0. The average Bonchev–Trinajstić information content (AvgIpc) is 1.60. The quantitative estimate of drug-likeness (QED) is 0.137. The van der Waals surface area contributed by atoms with Crippen molar-refractivity contribution in [3.63, 3.8) is 0 Å². The number of rotatable bonds is 0. The summed E-state index contributed by atoms with van der Waals surface area (Å²) in [6.07, 6.45) is 0.431. The SMILES string of the molecule is CC(C)(C)c1nnc(C(C)(C)C)o1.CC(C)(C)c1noc(C(C)(C)C)n1.CC1C(C(C)(C)C)=NOC1C(C)(C)C.CC1C(C)N(C(C)(C)C)C(=O)C1C(C)(C)C.CC1OC(C(C)(C)C)=NC1C(C)(C)C.Cc1c(C(C)(C)C)nnn1C(C)(C)C.Cc1c(C(C)(C)C)noc1C(C)(C)C.Cc1nc(C(C)(C)C)oc1C(C)(C)C.Cc1nc(C(C)(C)C)sc1C(C)(C)C.Cc1oc(C(C)(C)C)nc1C(C)(C)C. The van der Waals surface area contributed by atoms with Crippen LogP contribution >= 0.6 is 11.3 Å². The Balaban J connectivity index is 0.000000778. The van der Waals surface area contributed by atoms with Gasteiger partial charge in [-0.15, -0.1) is 26.6 Å². The van der Waals surface area contributed by atoms with E-state index in [1.54, 1.807) is 0 Å². The molecule has 0 aliphatic carbocycles. The number of aliphatic imine (C=N–C) groups is 1. The van der Waals surface area contributed by atoms with Crippen LogP contribution in [0.15, 0.2) is 32.4 Å². The monoisotopic (exact) mass is 1980 g/mol. The fourth-order valence-electron chi connectivity index (χ4n) is 16.4. The highest BCUT2D eigenvalue weighted by molar-refractivity contribution is 7.12. The number of ether oxygens (including phenoxy) is 1. The average molecular weight is 1980 g/mol. The molecule has 1 amide bonds. The van der Waals surface area contributed by atoms with Crippen LogP contribution in [0, 0.1) is 79.4 Å². The molecular formula is C117H214N14O8S. The van der Waals surface area contributed by atoms with Crippen molar-refractivity contribution in [2.45, 2.75) is 584 Å². The van der Waals surface area contributed by atoms with Crippen molar-refractivity contribution in [3.8, 4) is 0 Å². The molecule has 10 rings (SSSR count).